The van der Waals surface area contributed by atoms with E-state index in [0.717, 1.165) is 11.8 Å². The second-order valence-corrected chi connectivity index (χ2v) is 5.01. The van der Waals surface area contributed by atoms with E-state index in [1.807, 2.05) is 12.1 Å². The Morgan fingerprint density at radius 3 is 2.74 bits per heavy atom. The zero-order valence-electron chi connectivity index (χ0n) is 12.3. The summed E-state index contributed by atoms with van der Waals surface area (Å²) in [5, 5.41) is 14.1. The number of pyridine rings is 1. The van der Waals surface area contributed by atoms with Crippen molar-refractivity contribution in [3.8, 4) is 0 Å². The fraction of sp³-hybridized carbons (Fsp3) is 0.250. The monoisotopic (exact) mass is 321 g/mol. The number of urea groups is 1. The van der Waals surface area contributed by atoms with E-state index >= 15 is 0 Å². The number of aliphatic hydroxyl groups is 1. The van der Waals surface area contributed by atoms with Gasteiger partial charge >= 0.3 is 6.03 Å². The van der Waals surface area contributed by atoms with Crippen LogP contribution in [0.3, 0.4) is 0 Å². The number of aliphatic hydroxyl groups excluding tert-OH is 1. The summed E-state index contributed by atoms with van der Waals surface area (Å²) in [6.07, 6.45) is 2.14. The van der Waals surface area contributed by atoms with Gasteiger partial charge in [0.2, 0.25) is 0 Å². The Morgan fingerprint density at radius 1 is 1.22 bits per heavy atom. The Hall–Kier alpha value is -2.54. The van der Waals surface area contributed by atoms with Crippen molar-refractivity contribution in [2.45, 2.75) is 6.42 Å². The predicted octanol–water partition coefficient (Wildman–Crippen LogP) is 2.33. The first kappa shape index (κ1) is 16.8. The van der Waals surface area contributed by atoms with Crippen LogP contribution in [0.4, 0.5) is 19.3 Å². The largest absolute Gasteiger partial charge is 0.396 e. The van der Waals surface area contributed by atoms with Gasteiger partial charge in [0.15, 0.2) is 11.6 Å². The van der Waals surface area contributed by atoms with Gasteiger partial charge in [-0.05, 0) is 30.7 Å². The van der Waals surface area contributed by atoms with Crippen LogP contribution in [0.25, 0.3) is 0 Å². The van der Waals surface area contributed by atoms with Gasteiger partial charge in [-0.3, -0.25) is 4.98 Å². The van der Waals surface area contributed by atoms with E-state index in [1.54, 1.807) is 12.3 Å². The number of nitrogens with zero attached hydrogens (tertiary/aromatic N) is 1. The van der Waals surface area contributed by atoms with Gasteiger partial charge in [0.05, 0.1) is 5.69 Å². The quantitative estimate of drug-likeness (QED) is 0.764. The summed E-state index contributed by atoms with van der Waals surface area (Å²) in [4.78, 5) is 15.9. The molecule has 7 heteroatoms. The van der Waals surface area contributed by atoms with Gasteiger partial charge in [0.25, 0.3) is 0 Å². The molecule has 0 saturated carbocycles. The van der Waals surface area contributed by atoms with Gasteiger partial charge in [0.1, 0.15) is 0 Å². The Bertz CT molecular complexity index is 653. The van der Waals surface area contributed by atoms with Crippen molar-refractivity contribution in [1.82, 2.24) is 10.3 Å². The molecule has 0 bridgehead atoms. The average molecular weight is 321 g/mol. The highest BCUT2D eigenvalue weighted by molar-refractivity contribution is 5.89. The van der Waals surface area contributed by atoms with Gasteiger partial charge in [-0.2, -0.15) is 0 Å². The fourth-order valence-corrected chi connectivity index (χ4v) is 2.02. The molecule has 2 aromatic rings. The van der Waals surface area contributed by atoms with Gasteiger partial charge in [-0.25, -0.2) is 13.6 Å². The summed E-state index contributed by atoms with van der Waals surface area (Å²) < 4.78 is 26.5. The maximum absolute atomic E-state index is 13.4. The molecule has 23 heavy (non-hydrogen) atoms. The Morgan fingerprint density at radius 2 is 2.04 bits per heavy atom. The lowest BCUT2D eigenvalue weighted by Crippen LogP contribution is -2.35. The van der Waals surface area contributed by atoms with Crippen molar-refractivity contribution in [3.05, 3.63) is 59.9 Å². The highest BCUT2D eigenvalue weighted by atomic mass is 19.2. The third-order valence-corrected chi connectivity index (χ3v) is 3.23. The lowest BCUT2D eigenvalue weighted by Gasteiger charge is -2.15. The van der Waals surface area contributed by atoms with Crippen LogP contribution in [0.2, 0.25) is 0 Å². The minimum atomic E-state index is -1.12. The molecule has 3 N–H and O–H groups in total. The summed E-state index contributed by atoms with van der Waals surface area (Å²) >= 11 is 0. The molecule has 0 fully saturated rings. The van der Waals surface area contributed by atoms with E-state index in [-0.39, 0.29) is 24.8 Å². The molecule has 1 atom stereocenters. The third-order valence-electron chi connectivity index (χ3n) is 3.23. The van der Waals surface area contributed by atoms with Crippen molar-refractivity contribution < 1.29 is 18.7 Å². The average Bonchev–Trinajstić information content (AvgIpc) is 2.56. The highest BCUT2D eigenvalue weighted by Crippen LogP contribution is 2.16. The Balaban J connectivity index is 1.86. The molecule has 2 amide bonds. The summed E-state index contributed by atoms with van der Waals surface area (Å²) in [5.74, 6) is -2.38. The van der Waals surface area contributed by atoms with E-state index in [1.165, 1.54) is 12.1 Å². The molecule has 0 radical (unpaired) electrons. The molecule has 0 aliphatic rings. The van der Waals surface area contributed by atoms with E-state index in [4.69, 9.17) is 0 Å². The molecule has 1 aromatic carbocycles. The Kier molecular flexibility index (Phi) is 5.99. The van der Waals surface area contributed by atoms with Crippen LogP contribution in [0, 0.1) is 17.6 Å². The Labute approximate surface area is 132 Å². The zero-order valence-corrected chi connectivity index (χ0v) is 12.3. The smallest absolute Gasteiger partial charge is 0.319 e. The summed E-state index contributed by atoms with van der Waals surface area (Å²) in [6, 6.07) is 8.30. The molecule has 0 aliphatic heterocycles. The SMILES string of the molecule is O=C(NCC(CO)Cc1ccccn1)Nc1cccc(F)c1F. The van der Waals surface area contributed by atoms with Crippen LogP contribution in [0.15, 0.2) is 42.6 Å². The number of anilines is 1. The highest BCUT2D eigenvalue weighted by Gasteiger charge is 2.13. The van der Waals surface area contributed by atoms with E-state index in [9.17, 15) is 18.7 Å². The van der Waals surface area contributed by atoms with Crippen molar-refractivity contribution in [3.63, 3.8) is 0 Å². The first-order valence-electron chi connectivity index (χ1n) is 7.09. The maximum Gasteiger partial charge on any atom is 0.319 e. The molecule has 1 aromatic heterocycles. The zero-order chi connectivity index (χ0) is 16.7. The number of benzene rings is 1. The van der Waals surface area contributed by atoms with Gasteiger partial charge in [0, 0.05) is 31.0 Å². The van der Waals surface area contributed by atoms with Gasteiger partial charge in [-0.15, -0.1) is 0 Å². The van der Waals surface area contributed by atoms with Crippen molar-refractivity contribution >= 4 is 11.7 Å². The molecular weight excluding hydrogens is 304 g/mol. The van der Waals surface area contributed by atoms with Crippen LogP contribution < -0.4 is 10.6 Å². The van der Waals surface area contributed by atoms with Crippen molar-refractivity contribution in [1.29, 1.82) is 0 Å². The van der Waals surface area contributed by atoms with Crippen LogP contribution >= 0.6 is 0 Å². The molecule has 0 spiro atoms. The predicted molar refractivity (Wildman–Crippen MR) is 81.9 cm³/mol. The normalized spacial score (nSPS) is 11.8. The van der Waals surface area contributed by atoms with E-state index < -0.39 is 17.7 Å². The molecule has 1 heterocycles. The minimum Gasteiger partial charge on any atom is -0.396 e. The molecule has 122 valence electrons. The van der Waals surface area contributed by atoms with Crippen molar-refractivity contribution in [2.24, 2.45) is 5.92 Å². The standard InChI is InChI=1S/C16H17F2N3O2/c17-13-5-3-6-14(15(13)18)21-16(23)20-9-11(10-22)8-12-4-1-2-7-19-12/h1-7,11,22H,8-10H2,(H2,20,21,23). The first-order valence-corrected chi connectivity index (χ1v) is 7.09. The molecule has 0 aliphatic carbocycles. The number of hydrogen-bond acceptors (Lipinski definition) is 3. The van der Waals surface area contributed by atoms with Crippen LogP contribution in [-0.2, 0) is 6.42 Å². The van der Waals surface area contributed by atoms with Crippen molar-refractivity contribution in [2.75, 3.05) is 18.5 Å². The number of amides is 2. The summed E-state index contributed by atoms with van der Waals surface area (Å²) in [6.45, 7) is 0.0427. The number of carbonyl (C=O) groups is 1. The lowest BCUT2D eigenvalue weighted by atomic mass is 10.0. The van der Waals surface area contributed by atoms with Crippen LogP contribution in [-0.4, -0.2) is 29.3 Å². The topological polar surface area (TPSA) is 74.2 Å². The number of aromatic nitrogens is 1. The molecule has 5 nitrogen and oxygen atoms in total. The third kappa shape index (κ3) is 5.00. The number of rotatable bonds is 6. The number of hydrogen-bond donors (Lipinski definition) is 3. The summed E-state index contributed by atoms with van der Waals surface area (Å²) in [5.41, 5.74) is 0.553. The molecule has 2 rings (SSSR count). The maximum atomic E-state index is 13.4. The molecule has 1 unspecified atom stereocenters. The number of carbonyl (C=O) groups excluding carboxylic acids is 1. The van der Waals surface area contributed by atoms with Gasteiger partial charge in [-0.1, -0.05) is 12.1 Å². The first-order chi connectivity index (χ1) is 11.1. The second kappa shape index (κ2) is 8.19. The van der Waals surface area contributed by atoms with Crippen LogP contribution in [0.5, 0.6) is 0 Å². The van der Waals surface area contributed by atoms with Gasteiger partial charge < -0.3 is 15.7 Å². The van der Waals surface area contributed by atoms with Crippen LogP contribution in [0.1, 0.15) is 5.69 Å². The molecule has 0 saturated heterocycles. The summed E-state index contributed by atoms with van der Waals surface area (Å²) in [7, 11) is 0. The minimum absolute atomic E-state index is 0.134. The number of nitrogens with one attached hydrogen (secondary N) is 2. The second-order valence-electron chi connectivity index (χ2n) is 5.01. The molecular formula is C16H17F2N3O2. The lowest BCUT2D eigenvalue weighted by molar-refractivity contribution is 0.217. The fourth-order valence-electron chi connectivity index (χ4n) is 2.02. The number of halogens is 2. The van der Waals surface area contributed by atoms with E-state index in [2.05, 4.69) is 15.6 Å². The van der Waals surface area contributed by atoms with E-state index in [0.29, 0.717) is 6.42 Å².